The summed E-state index contributed by atoms with van der Waals surface area (Å²) in [7, 11) is 0. The highest BCUT2D eigenvalue weighted by Crippen LogP contribution is 2.31. The maximum Gasteiger partial charge on any atom is 0.217 e. The highest BCUT2D eigenvalue weighted by Gasteiger charge is 2.18. The van der Waals surface area contributed by atoms with Crippen molar-refractivity contribution in [2.24, 2.45) is 0 Å². The van der Waals surface area contributed by atoms with E-state index in [0.717, 1.165) is 11.3 Å². The van der Waals surface area contributed by atoms with Gasteiger partial charge in [0.1, 0.15) is 29.5 Å². The average molecular weight is 329 g/mol. The van der Waals surface area contributed by atoms with Crippen molar-refractivity contribution in [1.82, 2.24) is 15.0 Å². The lowest BCUT2D eigenvalue weighted by Gasteiger charge is -2.23. The first-order valence-electron chi connectivity index (χ1n) is 7.72. The van der Waals surface area contributed by atoms with E-state index in [1.54, 1.807) is 12.4 Å². The van der Waals surface area contributed by atoms with Crippen LogP contribution in [0, 0.1) is 5.95 Å². The first-order chi connectivity index (χ1) is 11.8. The molecule has 0 aliphatic carbocycles. The Morgan fingerprint density at radius 1 is 1.33 bits per heavy atom. The number of H-pyrrole nitrogens is 1. The number of ether oxygens (including phenoxy) is 3. The predicted molar refractivity (Wildman–Crippen MR) is 85.3 cm³/mol. The van der Waals surface area contributed by atoms with E-state index in [1.807, 2.05) is 18.2 Å². The van der Waals surface area contributed by atoms with Crippen molar-refractivity contribution in [2.75, 3.05) is 26.4 Å². The number of fused-ring (bicyclic) bond motifs is 1. The van der Waals surface area contributed by atoms with E-state index >= 15 is 0 Å². The highest BCUT2D eigenvalue weighted by atomic mass is 19.1. The topological polar surface area (TPSA) is 69.3 Å². The number of nitrogens with one attached hydrogen (secondary N) is 1. The highest BCUT2D eigenvalue weighted by molar-refractivity contribution is 5.94. The molecule has 24 heavy (non-hydrogen) atoms. The standard InChI is InChI=1S/C17H16FN3O3/c18-15-7-14(24-10-11-9-22-5-6-23-11)17-16(21-15)12(8-20-17)13-3-1-2-4-19-13/h1-4,7-8,11,20H,5-6,9-10H2/t11-/m1/s1. The molecule has 1 fully saturated rings. The zero-order chi connectivity index (χ0) is 16.4. The maximum absolute atomic E-state index is 14.0. The molecule has 1 N–H and O–H groups in total. The van der Waals surface area contributed by atoms with E-state index in [2.05, 4.69) is 15.0 Å². The Morgan fingerprint density at radius 3 is 3.08 bits per heavy atom. The van der Waals surface area contributed by atoms with Crippen molar-refractivity contribution >= 4 is 11.0 Å². The Hall–Kier alpha value is -2.51. The van der Waals surface area contributed by atoms with E-state index in [0.29, 0.717) is 36.6 Å². The minimum atomic E-state index is -0.602. The van der Waals surface area contributed by atoms with Gasteiger partial charge in [-0.3, -0.25) is 4.98 Å². The monoisotopic (exact) mass is 329 g/mol. The van der Waals surface area contributed by atoms with Gasteiger partial charge in [-0.05, 0) is 12.1 Å². The molecule has 124 valence electrons. The molecule has 4 heterocycles. The van der Waals surface area contributed by atoms with Crippen molar-refractivity contribution in [3.8, 4) is 17.0 Å². The fraction of sp³-hybridized carbons (Fsp3) is 0.294. The first-order valence-corrected chi connectivity index (χ1v) is 7.72. The summed E-state index contributed by atoms with van der Waals surface area (Å²) >= 11 is 0. The molecule has 0 aromatic carbocycles. The summed E-state index contributed by atoms with van der Waals surface area (Å²) in [6.07, 6.45) is 3.29. The molecule has 0 amide bonds. The van der Waals surface area contributed by atoms with Gasteiger partial charge in [-0.1, -0.05) is 6.07 Å². The van der Waals surface area contributed by atoms with Gasteiger partial charge in [0, 0.05) is 24.0 Å². The van der Waals surface area contributed by atoms with Gasteiger partial charge < -0.3 is 19.2 Å². The van der Waals surface area contributed by atoms with Crippen LogP contribution in [0.4, 0.5) is 4.39 Å². The molecule has 4 rings (SSSR count). The van der Waals surface area contributed by atoms with Crippen LogP contribution >= 0.6 is 0 Å². The zero-order valence-electron chi connectivity index (χ0n) is 12.9. The van der Waals surface area contributed by atoms with E-state index < -0.39 is 5.95 Å². The zero-order valence-corrected chi connectivity index (χ0v) is 12.9. The smallest absolute Gasteiger partial charge is 0.217 e. The third-order valence-electron chi connectivity index (χ3n) is 3.82. The number of hydrogen-bond donors (Lipinski definition) is 1. The van der Waals surface area contributed by atoms with Crippen molar-refractivity contribution in [3.63, 3.8) is 0 Å². The van der Waals surface area contributed by atoms with E-state index in [1.165, 1.54) is 6.07 Å². The number of aromatic nitrogens is 3. The third-order valence-corrected chi connectivity index (χ3v) is 3.82. The summed E-state index contributed by atoms with van der Waals surface area (Å²) in [4.78, 5) is 11.4. The number of halogens is 1. The summed E-state index contributed by atoms with van der Waals surface area (Å²) in [5.74, 6) is -0.205. The lowest BCUT2D eigenvalue weighted by Crippen LogP contribution is -2.33. The molecular formula is C17H16FN3O3. The normalized spacial score (nSPS) is 18.0. The van der Waals surface area contributed by atoms with Crippen LogP contribution in [0.25, 0.3) is 22.3 Å². The van der Waals surface area contributed by atoms with Crippen LogP contribution < -0.4 is 4.74 Å². The number of rotatable bonds is 4. The van der Waals surface area contributed by atoms with Crippen LogP contribution in [0.5, 0.6) is 5.75 Å². The van der Waals surface area contributed by atoms with Gasteiger partial charge in [-0.25, -0.2) is 4.98 Å². The van der Waals surface area contributed by atoms with Crippen molar-refractivity contribution in [1.29, 1.82) is 0 Å². The number of hydrogen-bond acceptors (Lipinski definition) is 5. The summed E-state index contributed by atoms with van der Waals surface area (Å²) in [6, 6.07) is 6.82. The molecule has 1 aliphatic heterocycles. The van der Waals surface area contributed by atoms with Crippen LogP contribution in [0.15, 0.2) is 36.7 Å². The number of pyridine rings is 2. The van der Waals surface area contributed by atoms with Crippen molar-refractivity contribution in [2.45, 2.75) is 6.10 Å². The largest absolute Gasteiger partial charge is 0.488 e. The quantitative estimate of drug-likeness (QED) is 0.745. The molecule has 7 heteroatoms. The first kappa shape index (κ1) is 15.0. The second-order valence-corrected chi connectivity index (χ2v) is 5.46. The summed E-state index contributed by atoms with van der Waals surface area (Å²) < 4.78 is 30.6. The van der Waals surface area contributed by atoms with E-state index in [4.69, 9.17) is 14.2 Å². The molecule has 3 aromatic heterocycles. The molecule has 1 aliphatic rings. The van der Waals surface area contributed by atoms with Crippen LogP contribution in [0.1, 0.15) is 0 Å². The van der Waals surface area contributed by atoms with E-state index in [9.17, 15) is 4.39 Å². The molecule has 0 spiro atoms. The van der Waals surface area contributed by atoms with Crippen LogP contribution in [0.2, 0.25) is 0 Å². The summed E-state index contributed by atoms with van der Waals surface area (Å²) in [6.45, 7) is 1.90. The van der Waals surface area contributed by atoms with E-state index in [-0.39, 0.29) is 12.7 Å². The Kier molecular flexibility index (Phi) is 4.10. The van der Waals surface area contributed by atoms with Gasteiger partial charge in [-0.15, -0.1) is 0 Å². The van der Waals surface area contributed by atoms with Gasteiger partial charge in [0.2, 0.25) is 5.95 Å². The second-order valence-electron chi connectivity index (χ2n) is 5.46. The Balaban J connectivity index is 1.65. The summed E-state index contributed by atoms with van der Waals surface area (Å²) in [5.41, 5.74) is 2.57. The summed E-state index contributed by atoms with van der Waals surface area (Å²) in [5, 5.41) is 0. The average Bonchev–Trinajstić information content (AvgIpc) is 3.05. The number of nitrogens with zero attached hydrogens (tertiary/aromatic N) is 2. The van der Waals surface area contributed by atoms with Gasteiger partial charge in [0.25, 0.3) is 0 Å². The van der Waals surface area contributed by atoms with Gasteiger partial charge in [0.05, 0.1) is 25.5 Å². The fourth-order valence-corrected chi connectivity index (χ4v) is 2.69. The van der Waals surface area contributed by atoms with Gasteiger partial charge >= 0.3 is 0 Å². The molecule has 1 atom stereocenters. The minimum Gasteiger partial charge on any atom is -0.488 e. The fourth-order valence-electron chi connectivity index (χ4n) is 2.69. The second kappa shape index (κ2) is 6.54. The third kappa shape index (κ3) is 2.95. The Morgan fingerprint density at radius 2 is 2.29 bits per heavy atom. The number of aromatic amines is 1. The molecule has 0 radical (unpaired) electrons. The molecule has 1 saturated heterocycles. The lowest BCUT2D eigenvalue weighted by atomic mass is 10.2. The predicted octanol–water partition coefficient (Wildman–Crippen LogP) is 2.56. The lowest BCUT2D eigenvalue weighted by molar-refractivity contribution is -0.101. The molecule has 0 unspecified atom stereocenters. The maximum atomic E-state index is 14.0. The molecule has 6 nitrogen and oxygen atoms in total. The Bertz CT molecular complexity index is 832. The molecule has 3 aromatic rings. The Labute approximate surface area is 137 Å². The van der Waals surface area contributed by atoms with Crippen molar-refractivity contribution in [3.05, 3.63) is 42.6 Å². The van der Waals surface area contributed by atoms with Crippen molar-refractivity contribution < 1.29 is 18.6 Å². The molecular weight excluding hydrogens is 313 g/mol. The van der Waals surface area contributed by atoms with Crippen LogP contribution in [-0.2, 0) is 9.47 Å². The van der Waals surface area contributed by atoms with Gasteiger partial charge in [0.15, 0.2) is 0 Å². The van der Waals surface area contributed by atoms with Gasteiger partial charge in [-0.2, -0.15) is 4.39 Å². The van der Waals surface area contributed by atoms with Crippen LogP contribution in [-0.4, -0.2) is 47.5 Å². The molecule has 0 saturated carbocycles. The molecule has 0 bridgehead atoms. The van der Waals surface area contributed by atoms with Crippen LogP contribution in [0.3, 0.4) is 0 Å². The SMILES string of the molecule is Fc1cc(OC[C@H]2COCCO2)c2[nH]cc(-c3ccccn3)c2n1. The minimum absolute atomic E-state index is 0.157.